The van der Waals surface area contributed by atoms with E-state index in [1.165, 1.54) is 0 Å². The number of sulfonamides is 1. The molecule has 0 fully saturated rings. The lowest BCUT2D eigenvalue weighted by Gasteiger charge is -2.15. The molecule has 0 unspecified atom stereocenters. The van der Waals surface area contributed by atoms with Crippen LogP contribution in [0.25, 0.3) is 10.9 Å². The molecular weight excluding hydrogens is 379 g/mol. The van der Waals surface area contributed by atoms with Crippen LogP contribution in [0, 0.1) is 0 Å². The van der Waals surface area contributed by atoms with Gasteiger partial charge in [-0.3, -0.25) is 4.79 Å². The summed E-state index contributed by atoms with van der Waals surface area (Å²) in [6.45, 7) is 2.00. The van der Waals surface area contributed by atoms with Crippen molar-refractivity contribution in [3.8, 4) is 0 Å². The van der Waals surface area contributed by atoms with E-state index in [9.17, 15) is 31.2 Å². The molecule has 26 heavy (non-hydrogen) atoms. The standard InChI is InChI=1S/C14H16F3N3O5S/c1-3-25-5-4-8-6-9-11(7-10(8)14(15,16)17)18-13(22)20(12(9)21)19-26(2,23)24/h6-7,19H,3-5H2,1-2H3,(H,18,22). The molecule has 2 aromatic rings. The van der Waals surface area contributed by atoms with Crippen LogP contribution in [0.4, 0.5) is 13.2 Å². The van der Waals surface area contributed by atoms with Crippen LogP contribution in [-0.2, 0) is 27.4 Å². The van der Waals surface area contributed by atoms with Crippen LogP contribution >= 0.6 is 0 Å². The number of alkyl halides is 3. The van der Waals surface area contributed by atoms with Crippen molar-refractivity contribution in [2.45, 2.75) is 19.5 Å². The number of hydrogen-bond donors (Lipinski definition) is 2. The van der Waals surface area contributed by atoms with Gasteiger partial charge in [-0.2, -0.15) is 17.8 Å². The van der Waals surface area contributed by atoms with Crippen LogP contribution in [0.2, 0.25) is 0 Å². The van der Waals surface area contributed by atoms with Gasteiger partial charge in [-0.15, -0.1) is 0 Å². The third-order valence-corrected chi connectivity index (χ3v) is 3.92. The maximum Gasteiger partial charge on any atom is 0.416 e. The van der Waals surface area contributed by atoms with Crippen LogP contribution in [0.3, 0.4) is 0 Å². The fourth-order valence-electron chi connectivity index (χ4n) is 2.35. The Morgan fingerprint density at radius 1 is 1.27 bits per heavy atom. The van der Waals surface area contributed by atoms with Crippen molar-refractivity contribution in [2.75, 3.05) is 24.3 Å². The number of benzene rings is 1. The molecule has 0 bridgehead atoms. The lowest BCUT2D eigenvalue weighted by Crippen LogP contribution is -2.43. The van der Waals surface area contributed by atoms with E-state index < -0.39 is 33.0 Å². The maximum absolute atomic E-state index is 13.3. The quantitative estimate of drug-likeness (QED) is 0.703. The largest absolute Gasteiger partial charge is 0.416 e. The third kappa shape index (κ3) is 4.43. The van der Waals surface area contributed by atoms with Gasteiger partial charge in [0.2, 0.25) is 10.0 Å². The highest BCUT2D eigenvalue weighted by atomic mass is 32.2. The van der Waals surface area contributed by atoms with Gasteiger partial charge in [0.25, 0.3) is 5.56 Å². The average molecular weight is 395 g/mol. The van der Waals surface area contributed by atoms with E-state index in [2.05, 4.69) is 4.98 Å². The van der Waals surface area contributed by atoms with Crippen LogP contribution in [0.15, 0.2) is 21.7 Å². The normalized spacial score (nSPS) is 12.5. The number of aromatic nitrogens is 2. The molecule has 0 aliphatic carbocycles. The Bertz CT molecular complexity index is 1040. The van der Waals surface area contributed by atoms with Gasteiger partial charge in [0.15, 0.2) is 0 Å². The summed E-state index contributed by atoms with van der Waals surface area (Å²) in [7, 11) is -3.96. The summed E-state index contributed by atoms with van der Waals surface area (Å²) in [5.74, 6) is 0. The number of nitrogens with one attached hydrogen (secondary N) is 2. The van der Waals surface area contributed by atoms with E-state index in [0.717, 1.165) is 12.3 Å². The molecule has 2 rings (SSSR count). The number of rotatable bonds is 6. The molecule has 0 amide bonds. The van der Waals surface area contributed by atoms with E-state index in [1.54, 1.807) is 11.8 Å². The topological polar surface area (TPSA) is 110 Å². The fraction of sp³-hybridized carbons (Fsp3) is 0.429. The van der Waals surface area contributed by atoms with Crippen molar-refractivity contribution >= 4 is 20.9 Å². The Labute approximate surface area is 145 Å². The summed E-state index contributed by atoms with van der Waals surface area (Å²) in [6, 6.07) is 1.64. The Morgan fingerprint density at radius 2 is 1.92 bits per heavy atom. The number of ether oxygens (including phenoxy) is 1. The van der Waals surface area contributed by atoms with Crippen molar-refractivity contribution in [3.05, 3.63) is 44.1 Å². The first-order valence-electron chi connectivity index (χ1n) is 7.38. The van der Waals surface area contributed by atoms with E-state index in [0.29, 0.717) is 12.7 Å². The molecule has 0 spiro atoms. The predicted molar refractivity (Wildman–Crippen MR) is 88.2 cm³/mol. The minimum absolute atomic E-state index is 0.00419. The molecule has 1 aromatic heterocycles. The molecule has 0 aliphatic heterocycles. The number of nitrogens with zero attached hydrogens (tertiary/aromatic N) is 1. The van der Waals surface area contributed by atoms with Gasteiger partial charge >= 0.3 is 11.9 Å². The zero-order valence-electron chi connectivity index (χ0n) is 13.8. The van der Waals surface area contributed by atoms with Crippen molar-refractivity contribution in [1.82, 2.24) is 9.66 Å². The summed E-state index contributed by atoms with van der Waals surface area (Å²) < 4.78 is 67.6. The second kappa shape index (κ2) is 7.11. The molecule has 144 valence electrons. The van der Waals surface area contributed by atoms with Crippen molar-refractivity contribution in [2.24, 2.45) is 0 Å². The van der Waals surface area contributed by atoms with Crippen LogP contribution < -0.4 is 16.1 Å². The molecule has 0 radical (unpaired) electrons. The average Bonchev–Trinajstić information content (AvgIpc) is 2.50. The van der Waals surface area contributed by atoms with E-state index >= 15 is 0 Å². The molecular formula is C14H16F3N3O5S. The highest BCUT2D eigenvalue weighted by molar-refractivity contribution is 7.91. The van der Waals surface area contributed by atoms with Crippen LogP contribution in [-0.4, -0.2) is 37.5 Å². The number of hydrogen-bond acceptors (Lipinski definition) is 5. The molecule has 12 heteroatoms. The van der Waals surface area contributed by atoms with Gasteiger partial charge in [0.05, 0.1) is 29.3 Å². The van der Waals surface area contributed by atoms with Gasteiger partial charge in [-0.05, 0) is 31.0 Å². The van der Waals surface area contributed by atoms with E-state index in [1.807, 2.05) is 0 Å². The van der Waals surface area contributed by atoms with Crippen LogP contribution in [0.1, 0.15) is 18.1 Å². The first kappa shape index (κ1) is 20.0. The summed E-state index contributed by atoms with van der Waals surface area (Å²) in [5, 5.41) is -0.264. The Morgan fingerprint density at radius 3 is 2.46 bits per heavy atom. The first-order chi connectivity index (χ1) is 11.9. The summed E-state index contributed by atoms with van der Waals surface area (Å²) in [4.78, 5) is 28.0. The molecule has 0 saturated carbocycles. The minimum atomic E-state index is -4.70. The molecule has 2 N–H and O–H groups in total. The highest BCUT2D eigenvalue weighted by Gasteiger charge is 2.34. The number of aromatic amines is 1. The van der Waals surface area contributed by atoms with Gasteiger partial charge in [0.1, 0.15) is 0 Å². The van der Waals surface area contributed by atoms with Crippen molar-refractivity contribution in [1.29, 1.82) is 0 Å². The SMILES string of the molecule is CCOCCc1cc2c(=O)n(NS(C)(=O)=O)c(=O)[nH]c2cc1C(F)(F)F. The predicted octanol–water partition coefficient (Wildman–Crippen LogP) is 0.791. The molecule has 8 nitrogen and oxygen atoms in total. The molecule has 0 atom stereocenters. The fourth-order valence-corrected chi connectivity index (χ4v) is 2.85. The summed E-state index contributed by atoms with van der Waals surface area (Å²) >= 11 is 0. The Hall–Kier alpha value is -2.34. The van der Waals surface area contributed by atoms with Gasteiger partial charge < -0.3 is 9.72 Å². The minimum Gasteiger partial charge on any atom is -0.381 e. The lowest BCUT2D eigenvalue weighted by molar-refractivity contribution is -0.138. The highest BCUT2D eigenvalue weighted by Crippen LogP contribution is 2.33. The number of fused-ring (bicyclic) bond motifs is 1. The van der Waals surface area contributed by atoms with E-state index in [-0.39, 0.29) is 34.2 Å². The molecule has 0 saturated heterocycles. The Kier molecular flexibility index (Phi) is 5.47. The summed E-state index contributed by atoms with van der Waals surface area (Å²) in [5.41, 5.74) is -3.84. The number of H-pyrrole nitrogens is 1. The van der Waals surface area contributed by atoms with Crippen molar-refractivity contribution < 1.29 is 26.3 Å². The smallest absolute Gasteiger partial charge is 0.381 e. The van der Waals surface area contributed by atoms with Crippen molar-refractivity contribution in [3.63, 3.8) is 0 Å². The first-order valence-corrected chi connectivity index (χ1v) is 9.28. The Balaban J connectivity index is 2.73. The van der Waals surface area contributed by atoms with Gasteiger partial charge in [-0.25, -0.2) is 18.0 Å². The molecule has 1 aromatic carbocycles. The van der Waals surface area contributed by atoms with Crippen LogP contribution in [0.5, 0.6) is 0 Å². The summed E-state index contributed by atoms with van der Waals surface area (Å²) in [6.07, 6.45) is -4.09. The maximum atomic E-state index is 13.3. The zero-order valence-corrected chi connectivity index (χ0v) is 14.6. The zero-order chi connectivity index (χ0) is 19.7. The van der Waals surface area contributed by atoms with Gasteiger partial charge in [-0.1, -0.05) is 0 Å². The number of halogens is 3. The second-order valence-corrected chi connectivity index (χ2v) is 7.16. The molecule has 0 aliphatic rings. The monoisotopic (exact) mass is 395 g/mol. The second-order valence-electron chi connectivity index (χ2n) is 5.43. The lowest BCUT2D eigenvalue weighted by atomic mass is 10.0. The third-order valence-electron chi connectivity index (χ3n) is 3.40. The van der Waals surface area contributed by atoms with Gasteiger partial charge in [0, 0.05) is 6.61 Å². The van der Waals surface area contributed by atoms with E-state index in [4.69, 9.17) is 4.74 Å². The molecule has 1 heterocycles.